The highest BCUT2D eigenvalue weighted by Gasteiger charge is 2.33. The van der Waals surface area contributed by atoms with Crippen LogP contribution in [0.4, 0.5) is 10.5 Å². The third kappa shape index (κ3) is 4.74. The minimum absolute atomic E-state index is 0.0261. The van der Waals surface area contributed by atoms with Crippen LogP contribution in [0.25, 0.3) is 0 Å². The maximum Gasteiger partial charge on any atom is 0.317 e. The van der Waals surface area contributed by atoms with E-state index in [1.54, 1.807) is 12.0 Å². The Morgan fingerprint density at radius 2 is 1.73 bits per heavy atom. The first-order valence-electron chi connectivity index (χ1n) is 10.4. The monoisotopic (exact) mass is 408 g/mol. The number of benzene rings is 2. The summed E-state index contributed by atoms with van der Waals surface area (Å²) in [5.41, 5.74) is 2.12. The van der Waals surface area contributed by atoms with E-state index < -0.39 is 0 Å². The number of hydrogen-bond donors (Lipinski definition) is 1. The number of piperazine rings is 1. The molecule has 2 heterocycles. The molecule has 0 radical (unpaired) electrons. The molecule has 2 fully saturated rings. The molecule has 1 N–H and O–H groups in total. The summed E-state index contributed by atoms with van der Waals surface area (Å²) in [4.78, 5) is 31.1. The summed E-state index contributed by atoms with van der Waals surface area (Å²) < 4.78 is 5.17. The van der Waals surface area contributed by atoms with Gasteiger partial charge in [0.2, 0.25) is 5.91 Å². The lowest BCUT2D eigenvalue weighted by Crippen LogP contribution is -2.53. The first kappa shape index (κ1) is 20.2. The van der Waals surface area contributed by atoms with E-state index >= 15 is 0 Å². The zero-order valence-corrected chi connectivity index (χ0v) is 17.3. The highest BCUT2D eigenvalue weighted by atomic mass is 16.5. The van der Waals surface area contributed by atoms with Crippen molar-refractivity contribution in [2.24, 2.45) is 0 Å². The molecule has 7 heteroatoms. The van der Waals surface area contributed by atoms with E-state index in [4.69, 9.17) is 4.74 Å². The molecular formula is C23H28N4O3. The van der Waals surface area contributed by atoms with Crippen molar-refractivity contribution in [2.75, 3.05) is 44.7 Å². The van der Waals surface area contributed by atoms with Gasteiger partial charge in [0.15, 0.2) is 0 Å². The van der Waals surface area contributed by atoms with Crippen molar-refractivity contribution in [1.29, 1.82) is 0 Å². The van der Waals surface area contributed by atoms with Crippen molar-refractivity contribution in [3.63, 3.8) is 0 Å². The number of hydrogen-bond acceptors (Lipinski definition) is 4. The van der Waals surface area contributed by atoms with E-state index in [2.05, 4.69) is 34.5 Å². The Labute approximate surface area is 177 Å². The highest BCUT2D eigenvalue weighted by Crippen LogP contribution is 2.24. The molecule has 0 aromatic heterocycles. The topological polar surface area (TPSA) is 65.1 Å². The molecule has 2 aromatic rings. The maximum absolute atomic E-state index is 12.7. The zero-order chi connectivity index (χ0) is 20.9. The maximum atomic E-state index is 12.7. The Morgan fingerprint density at radius 3 is 2.40 bits per heavy atom. The first-order valence-corrected chi connectivity index (χ1v) is 10.4. The SMILES string of the molecule is COc1ccc(N2C[C@H](NC(=O)N3CCN(Cc4ccccc4)CC3)CC2=O)cc1. The Morgan fingerprint density at radius 1 is 1.03 bits per heavy atom. The molecule has 158 valence electrons. The van der Waals surface area contributed by atoms with Crippen molar-refractivity contribution < 1.29 is 14.3 Å². The molecule has 0 unspecified atom stereocenters. The zero-order valence-electron chi connectivity index (χ0n) is 17.3. The summed E-state index contributed by atoms with van der Waals surface area (Å²) in [5, 5.41) is 3.05. The van der Waals surface area contributed by atoms with E-state index in [1.807, 2.05) is 35.2 Å². The van der Waals surface area contributed by atoms with Crippen LogP contribution in [0.1, 0.15) is 12.0 Å². The molecule has 7 nitrogen and oxygen atoms in total. The number of nitrogens with zero attached hydrogens (tertiary/aromatic N) is 3. The second-order valence-corrected chi connectivity index (χ2v) is 7.80. The molecule has 0 aliphatic carbocycles. The van der Waals surface area contributed by atoms with Crippen LogP contribution >= 0.6 is 0 Å². The number of carbonyl (C=O) groups excluding carboxylic acids is 2. The number of ether oxygens (including phenoxy) is 1. The van der Waals surface area contributed by atoms with Gasteiger partial charge in [-0.15, -0.1) is 0 Å². The molecule has 2 aliphatic rings. The summed E-state index contributed by atoms with van der Waals surface area (Å²) in [6.07, 6.45) is 0.325. The highest BCUT2D eigenvalue weighted by molar-refractivity contribution is 5.96. The van der Waals surface area contributed by atoms with Crippen LogP contribution in [0.2, 0.25) is 0 Å². The minimum Gasteiger partial charge on any atom is -0.497 e. The molecule has 2 saturated heterocycles. The van der Waals surface area contributed by atoms with Gasteiger partial charge in [0, 0.05) is 51.4 Å². The van der Waals surface area contributed by atoms with Crippen LogP contribution in [0.5, 0.6) is 5.75 Å². The Kier molecular flexibility index (Phi) is 6.18. The number of methoxy groups -OCH3 is 1. The number of rotatable bonds is 5. The molecule has 2 aliphatic heterocycles. The molecule has 0 saturated carbocycles. The van der Waals surface area contributed by atoms with E-state index in [-0.39, 0.29) is 18.0 Å². The Balaban J connectivity index is 1.26. The lowest BCUT2D eigenvalue weighted by atomic mass is 10.2. The van der Waals surface area contributed by atoms with E-state index in [0.717, 1.165) is 31.1 Å². The predicted molar refractivity (Wildman–Crippen MR) is 116 cm³/mol. The van der Waals surface area contributed by atoms with Gasteiger partial charge >= 0.3 is 6.03 Å². The molecule has 30 heavy (non-hydrogen) atoms. The summed E-state index contributed by atoms with van der Waals surface area (Å²) in [6.45, 7) is 4.49. The lowest BCUT2D eigenvalue weighted by molar-refractivity contribution is -0.117. The number of carbonyl (C=O) groups is 2. The van der Waals surface area contributed by atoms with E-state index in [0.29, 0.717) is 26.1 Å². The number of urea groups is 1. The van der Waals surface area contributed by atoms with E-state index in [9.17, 15) is 9.59 Å². The van der Waals surface area contributed by atoms with Gasteiger partial charge in [0.1, 0.15) is 5.75 Å². The van der Waals surface area contributed by atoms with Gasteiger partial charge < -0.3 is 19.9 Å². The summed E-state index contributed by atoms with van der Waals surface area (Å²) in [7, 11) is 1.61. The second kappa shape index (κ2) is 9.17. The van der Waals surface area contributed by atoms with Gasteiger partial charge in [0.05, 0.1) is 13.2 Å². The third-order valence-corrected chi connectivity index (χ3v) is 5.75. The van der Waals surface area contributed by atoms with Crippen LogP contribution in [0.3, 0.4) is 0 Å². The van der Waals surface area contributed by atoms with Gasteiger partial charge in [-0.05, 0) is 29.8 Å². The average Bonchev–Trinajstić information content (AvgIpc) is 3.15. The molecule has 2 aromatic carbocycles. The normalized spacial score (nSPS) is 19.8. The van der Waals surface area contributed by atoms with Crippen LogP contribution in [-0.2, 0) is 11.3 Å². The molecular weight excluding hydrogens is 380 g/mol. The Bertz CT molecular complexity index is 864. The number of nitrogens with one attached hydrogen (secondary N) is 1. The van der Waals surface area contributed by atoms with Crippen LogP contribution in [0, 0.1) is 0 Å². The fraction of sp³-hybridized carbons (Fsp3) is 0.391. The summed E-state index contributed by atoms with van der Waals surface area (Å²) in [6, 6.07) is 17.5. The predicted octanol–water partition coefficient (Wildman–Crippen LogP) is 2.33. The van der Waals surface area contributed by atoms with Gasteiger partial charge in [0.25, 0.3) is 0 Å². The van der Waals surface area contributed by atoms with Crippen LogP contribution < -0.4 is 15.0 Å². The molecule has 0 bridgehead atoms. The molecule has 0 spiro atoms. The quantitative estimate of drug-likeness (QED) is 0.825. The standard InChI is InChI=1S/C23H28N4O3/c1-30-21-9-7-20(8-10-21)27-17-19(15-22(27)28)24-23(29)26-13-11-25(12-14-26)16-18-5-3-2-4-6-18/h2-10,19H,11-17H2,1H3,(H,24,29)/t19-/m1/s1. The summed E-state index contributed by atoms with van der Waals surface area (Å²) >= 11 is 0. The van der Waals surface area contributed by atoms with Crippen molar-refractivity contribution >= 4 is 17.6 Å². The lowest BCUT2D eigenvalue weighted by Gasteiger charge is -2.35. The van der Waals surface area contributed by atoms with Crippen LogP contribution in [0.15, 0.2) is 54.6 Å². The number of anilines is 1. The largest absolute Gasteiger partial charge is 0.497 e. The van der Waals surface area contributed by atoms with Gasteiger partial charge in [-0.2, -0.15) is 0 Å². The van der Waals surface area contributed by atoms with Crippen LogP contribution in [-0.4, -0.2) is 67.6 Å². The minimum atomic E-state index is -0.172. The molecule has 3 amide bonds. The van der Waals surface area contributed by atoms with Gasteiger partial charge in [-0.1, -0.05) is 30.3 Å². The number of amides is 3. The molecule has 4 rings (SSSR count). The van der Waals surface area contributed by atoms with Crippen molar-refractivity contribution in [3.05, 3.63) is 60.2 Å². The Hall–Kier alpha value is -3.06. The second-order valence-electron chi connectivity index (χ2n) is 7.80. The smallest absolute Gasteiger partial charge is 0.317 e. The molecule has 1 atom stereocenters. The fourth-order valence-corrected chi connectivity index (χ4v) is 4.03. The van der Waals surface area contributed by atoms with E-state index in [1.165, 1.54) is 5.56 Å². The van der Waals surface area contributed by atoms with Gasteiger partial charge in [-0.25, -0.2) is 4.79 Å². The van der Waals surface area contributed by atoms with Crippen molar-refractivity contribution in [2.45, 2.75) is 19.0 Å². The van der Waals surface area contributed by atoms with Gasteiger partial charge in [-0.3, -0.25) is 9.69 Å². The third-order valence-electron chi connectivity index (χ3n) is 5.75. The fourth-order valence-electron chi connectivity index (χ4n) is 4.03. The van der Waals surface area contributed by atoms with Crippen molar-refractivity contribution in [3.8, 4) is 5.75 Å². The van der Waals surface area contributed by atoms with Crippen molar-refractivity contribution in [1.82, 2.24) is 15.1 Å². The average molecular weight is 409 g/mol. The summed E-state index contributed by atoms with van der Waals surface area (Å²) in [5.74, 6) is 0.778. The first-order chi connectivity index (χ1) is 14.6.